The molecule has 2 atom stereocenters. The Labute approximate surface area is 107 Å². The largest absolute Gasteiger partial charge is 0.467 e. The molecule has 1 amide bonds. The van der Waals surface area contributed by atoms with Gasteiger partial charge in [-0.3, -0.25) is 0 Å². The fourth-order valence-corrected chi connectivity index (χ4v) is 1.12. The van der Waals surface area contributed by atoms with Crippen LogP contribution in [0.2, 0.25) is 0 Å². The number of hydrogen-bond donors (Lipinski definition) is 1. The van der Waals surface area contributed by atoms with Crippen LogP contribution in [0.25, 0.3) is 0 Å². The van der Waals surface area contributed by atoms with Gasteiger partial charge in [0.05, 0.1) is 7.11 Å². The van der Waals surface area contributed by atoms with Crippen LogP contribution in [-0.2, 0) is 19.0 Å². The van der Waals surface area contributed by atoms with Gasteiger partial charge in [0.2, 0.25) is 0 Å². The summed E-state index contributed by atoms with van der Waals surface area (Å²) in [4.78, 5) is 23.1. The van der Waals surface area contributed by atoms with E-state index in [-0.39, 0.29) is 0 Å². The molecule has 0 fully saturated rings. The quantitative estimate of drug-likeness (QED) is 0.593. The zero-order valence-corrected chi connectivity index (χ0v) is 11.3. The van der Waals surface area contributed by atoms with E-state index >= 15 is 0 Å². The second-order valence-electron chi connectivity index (χ2n) is 4.47. The molecule has 0 heterocycles. The molecule has 0 saturated carbocycles. The fourth-order valence-electron chi connectivity index (χ4n) is 1.12. The molecule has 0 spiro atoms. The molecular formula is C12H19NO5. The third-order valence-electron chi connectivity index (χ3n) is 1.85. The molecule has 0 bridgehead atoms. The van der Waals surface area contributed by atoms with Crippen LogP contribution in [0.15, 0.2) is 0 Å². The summed E-state index contributed by atoms with van der Waals surface area (Å²) in [6.45, 7) is 5.11. The SMILES string of the molecule is C#C[C@@H](OC)[C@@H](NC(=O)OC(C)(C)C)C(=O)OC. The van der Waals surface area contributed by atoms with E-state index in [9.17, 15) is 9.59 Å². The van der Waals surface area contributed by atoms with Crippen molar-refractivity contribution in [2.24, 2.45) is 0 Å². The number of methoxy groups -OCH3 is 2. The van der Waals surface area contributed by atoms with Gasteiger partial charge in [-0.2, -0.15) is 0 Å². The maximum atomic E-state index is 11.6. The number of amides is 1. The maximum Gasteiger partial charge on any atom is 0.408 e. The number of rotatable bonds is 4. The van der Waals surface area contributed by atoms with Gasteiger partial charge < -0.3 is 19.5 Å². The molecule has 0 aromatic carbocycles. The first-order chi connectivity index (χ1) is 8.25. The van der Waals surface area contributed by atoms with Crippen molar-refractivity contribution in [3.63, 3.8) is 0 Å². The first-order valence-electron chi connectivity index (χ1n) is 5.31. The fraction of sp³-hybridized carbons (Fsp3) is 0.667. The van der Waals surface area contributed by atoms with Gasteiger partial charge in [-0.25, -0.2) is 9.59 Å². The average Bonchev–Trinajstić information content (AvgIpc) is 2.25. The van der Waals surface area contributed by atoms with Crippen molar-refractivity contribution in [1.29, 1.82) is 0 Å². The molecule has 0 aromatic heterocycles. The van der Waals surface area contributed by atoms with Gasteiger partial charge in [0.25, 0.3) is 0 Å². The minimum absolute atomic E-state index is 0.677. The van der Waals surface area contributed by atoms with Crippen LogP contribution in [0.1, 0.15) is 20.8 Å². The molecule has 1 N–H and O–H groups in total. The number of carbonyl (C=O) groups is 2. The summed E-state index contributed by atoms with van der Waals surface area (Å²) in [5, 5.41) is 2.32. The minimum Gasteiger partial charge on any atom is -0.467 e. The van der Waals surface area contributed by atoms with E-state index in [2.05, 4.69) is 16.0 Å². The predicted molar refractivity (Wildman–Crippen MR) is 64.8 cm³/mol. The van der Waals surface area contributed by atoms with Crippen LogP contribution in [0.3, 0.4) is 0 Å². The molecule has 18 heavy (non-hydrogen) atoms. The second kappa shape index (κ2) is 6.87. The number of carbonyl (C=O) groups excluding carboxylic acids is 2. The average molecular weight is 257 g/mol. The molecule has 0 saturated heterocycles. The van der Waals surface area contributed by atoms with Gasteiger partial charge in [0.15, 0.2) is 6.04 Å². The normalized spacial score (nSPS) is 14.0. The van der Waals surface area contributed by atoms with Crippen molar-refractivity contribution in [3.05, 3.63) is 0 Å². The summed E-state index contributed by atoms with van der Waals surface area (Å²) in [6.07, 6.45) is 3.51. The summed E-state index contributed by atoms with van der Waals surface area (Å²) in [6, 6.07) is -1.11. The van der Waals surface area contributed by atoms with E-state index in [4.69, 9.17) is 15.9 Å². The first-order valence-corrected chi connectivity index (χ1v) is 5.31. The lowest BCUT2D eigenvalue weighted by molar-refractivity contribution is -0.145. The van der Waals surface area contributed by atoms with Crippen molar-refractivity contribution >= 4 is 12.1 Å². The molecule has 0 aliphatic heterocycles. The van der Waals surface area contributed by atoms with E-state index in [0.29, 0.717) is 0 Å². The highest BCUT2D eigenvalue weighted by atomic mass is 16.6. The molecule has 0 aliphatic rings. The molecule has 0 unspecified atom stereocenters. The summed E-state index contributed by atoms with van der Waals surface area (Å²) in [7, 11) is 2.52. The van der Waals surface area contributed by atoms with Crippen LogP contribution in [0.4, 0.5) is 4.79 Å². The second-order valence-corrected chi connectivity index (χ2v) is 4.47. The van der Waals surface area contributed by atoms with Crippen LogP contribution in [-0.4, -0.2) is 44.0 Å². The lowest BCUT2D eigenvalue weighted by atomic mass is 10.1. The number of ether oxygens (including phenoxy) is 3. The van der Waals surface area contributed by atoms with E-state index in [0.717, 1.165) is 0 Å². The lowest BCUT2D eigenvalue weighted by Gasteiger charge is -2.24. The summed E-state index contributed by atoms with van der Waals surface area (Å²) in [5.74, 6) is 1.54. The summed E-state index contributed by atoms with van der Waals surface area (Å²) >= 11 is 0. The Morgan fingerprint density at radius 2 is 1.83 bits per heavy atom. The summed E-state index contributed by atoms with van der Waals surface area (Å²) in [5.41, 5.74) is -0.677. The van der Waals surface area contributed by atoms with Gasteiger partial charge >= 0.3 is 12.1 Å². The smallest absolute Gasteiger partial charge is 0.408 e. The third kappa shape index (κ3) is 5.55. The molecule has 0 radical (unpaired) electrons. The van der Waals surface area contributed by atoms with Crippen molar-refractivity contribution in [3.8, 4) is 12.3 Å². The molecular weight excluding hydrogens is 238 g/mol. The number of terminal acetylenes is 1. The number of esters is 1. The van der Waals surface area contributed by atoms with Crippen molar-refractivity contribution in [2.75, 3.05) is 14.2 Å². The van der Waals surface area contributed by atoms with E-state index in [1.165, 1.54) is 14.2 Å². The first kappa shape index (κ1) is 16.3. The van der Waals surface area contributed by atoms with Crippen molar-refractivity contribution in [1.82, 2.24) is 5.32 Å². The molecule has 102 valence electrons. The number of hydrogen-bond acceptors (Lipinski definition) is 5. The molecule has 0 rings (SSSR count). The van der Waals surface area contributed by atoms with Gasteiger partial charge in [-0.15, -0.1) is 6.42 Å². The highest BCUT2D eigenvalue weighted by molar-refractivity contribution is 5.82. The molecule has 0 aromatic rings. The van der Waals surface area contributed by atoms with Gasteiger partial charge in [0.1, 0.15) is 11.7 Å². The zero-order valence-electron chi connectivity index (χ0n) is 11.3. The van der Waals surface area contributed by atoms with Crippen LogP contribution in [0, 0.1) is 12.3 Å². The molecule has 0 aliphatic carbocycles. The van der Waals surface area contributed by atoms with E-state index in [1.54, 1.807) is 20.8 Å². The van der Waals surface area contributed by atoms with Gasteiger partial charge in [-0.1, -0.05) is 5.92 Å². The van der Waals surface area contributed by atoms with Crippen LogP contribution in [0.5, 0.6) is 0 Å². The topological polar surface area (TPSA) is 73.9 Å². The van der Waals surface area contributed by atoms with Gasteiger partial charge in [0, 0.05) is 7.11 Å². The highest BCUT2D eigenvalue weighted by Gasteiger charge is 2.31. The molecule has 6 nitrogen and oxygen atoms in total. The Morgan fingerprint density at radius 3 is 2.17 bits per heavy atom. The Hall–Kier alpha value is -1.74. The number of nitrogens with one attached hydrogen (secondary N) is 1. The third-order valence-corrected chi connectivity index (χ3v) is 1.85. The lowest BCUT2D eigenvalue weighted by Crippen LogP contribution is -2.50. The van der Waals surface area contributed by atoms with Gasteiger partial charge in [-0.05, 0) is 20.8 Å². The Kier molecular flexibility index (Phi) is 6.20. The minimum atomic E-state index is -1.11. The summed E-state index contributed by atoms with van der Waals surface area (Å²) < 4.78 is 14.5. The van der Waals surface area contributed by atoms with E-state index in [1.807, 2.05) is 0 Å². The monoisotopic (exact) mass is 257 g/mol. The highest BCUT2D eigenvalue weighted by Crippen LogP contribution is 2.08. The Balaban J connectivity index is 4.76. The number of alkyl carbamates (subject to hydrolysis) is 1. The maximum absolute atomic E-state index is 11.6. The Morgan fingerprint density at radius 1 is 1.28 bits per heavy atom. The molecule has 6 heteroatoms. The zero-order chi connectivity index (χ0) is 14.3. The van der Waals surface area contributed by atoms with Crippen molar-refractivity contribution in [2.45, 2.75) is 38.5 Å². The van der Waals surface area contributed by atoms with Crippen LogP contribution >= 0.6 is 0 Å². The van der Waals surface area contributed by atoms with Crippen molar-refractivity contribution < 1.29 is 23.8 Å². The Bertz CT molecular complexity index is 339. The predicted octanol–water partition coefficient (Wildman–Crippen LogP) is 0.701. The van der Waals surface area contributed by atoms with Crippen LogP contribution < -0.4 is 5.32 Å². The van der Waals surface area contributed by atoms with E-state index < -0.39 is 29.8 Å². The standard InChI is InChI=1S/C12H19NO5/c1-7-8(16-5)9(10(14)17-6)13-11(15)18-12(2,3)4/h1,8-9H,2-6H3,(H,13,15)/t8-,9-/m1/s1.